The van der Waals surface area contributed by atoms with Crippen LogP contribution in [0.15, 0.2) is 18.2 Å². The number of nitrogens with one attached hydrogen (secondary N) is 2. The van der Waals surface area contributed by atoms with Gasteiger partial charge in [0.1, 0.15) is 5.75 Å². The van der Waals surface area contributed by atoms with Gasteiger partial charge in [0.05, 0.1) is 6.54 Å². The first-order chi connectivity index (χ1) is 10.2. The van der Waals surface area contributed by atoms with Crippen molar-refractivity contribution in [2.45, 2.75) is 38.3 Å². The normalized spacial score (nSPS) is 18.2. The van der Waals surface area contributed by atoms with Crippen molar-refractivity contribution in [2.24, 2.45) is 0 Å². The highest BCUT2D eigenvalue weighted by Gasteiger charge is 2.20. The van der Waals surface area contributed by atoms with Crippen molar-refractivity contribution in [1.29, 1.82) is 0 Å². The molecule has 4 nitrogen and oxygen atoms in total. The number of ether oxygens (including phenoxy) is 1. The van der Waals surface area contributed by atoms with E-state index in [2.05, 4.69) is 22.6 Å². The van der Waals surface area contributed by atoms with E-state index in [1.807, 2.05) is 19.2 Å². The van der Waals surface area contributed by atoms with Crippen molar-refractivity contribution < 1.29 is 9.53 Å². The molecular weight excluding hydrogens is 264 g/mol. The molecule has 0 bridgehead atoms. The molecule has 0 saturated heterocycles. The van der Waals surface area contributed by atoms with Crippen LogP contribution in [0.25, 0.3) is 0 Å². The first-order valence-corrected chi connectivity index (χ1v) is 7.33. The number of terminal acetylenes is 1. The zero-order valence-corrected chi connectivity index (χ0v) is 12.6. The van der Waals surface area contributed by atoms with E-state index in [1.54, 1.807) is 6.92 Å². The molecule has 1 amide bonds. The summed E-state index contributed by atoms with van der Waals surface area (Å²) in [6, 6.07) is 6.49. The zero-order chi connectivity index (χ0) is 15.2. The standard InChI is InChI=1S/C17H22N2O2/c1-4-10-19-17(20)12(2)21-14-8-9-15-13(11-14)6-5-7-16(15)18-3/h1,8-9,11-12,16,18H,5-7,10H2,2-3H3,(H,19,20). The van der Waals surface area contributed by atoms with Gasteiger partial charge in [0.25, 0.3) is 5.91 Å². The minimum atomic E-state index is -0.555. The quantitative estimate of drug-likeness (QED) is 0.812. The fraction of sp³-hybridized carbons (Fsp3) is 0.471. The molecule has 0 spiro atoms. The van der Waals surface area contributed by atoms with Gasteiger partial charge in [-0.1, -0.05) is 12.0 Å². The second-order valence-corrected chi connectivity index (χ2v) is 5.28. The maximum atomic E-state index is 11.8. The number of carbonyl (C=O) groups is 1. The van der Waals surface area contributed by atoms with Crippen LogP contribution in [0.2, 0.25) is 0 Å². The van der Waals surface area contributed by atoms with Crippen LogP contribution in [-0.2, 0) is 11.2 Å². The van der Waals surface area contributed by atoms with Gasteiger partial charge in [-0.25, -0.2) is 0 Å². The molecule has 2 N–H and O–H groups in total. The SMILES string of the molecule is C#CCNC(=O)C(C)Oc1ccc2c(c1)CCCC2NC. The molecule has 0 fully saturated rings. The van der Waals surface area contributed by atoms with Crippen LogP contribution in [0, 0.1) is 12.3 Å². The van der Waals surface area contributed by atoms with E-state index in [4.69, 9.17) is 11.2 Å². The number of rotatable bonds is 5. The van der Waals surface area contributed by atoms with Crippen molar-refractivity contribution in [3.8, 4) is 18.1 Å². The molecule has 0 heterocycles. The van der Waals surface area contributed by atoms with Gasteiger partial charge in [0, 0.05) is 6.04 Å². The monoisotopic (exact) mass is 286 g/mol. The van der Waals surface area contributed by atoms with E-state index >= 15 is 0 Å². The van der Waals surface area contributed by atoms with E-state index in [0.717, 1.165) is 18.6 Å². The molecule has 1 aliphatic rings. The molecule has 0 aromatic heterocycles. The molecule has 4 heteroatoms. The third-order valence-corrected chi connectivity index (χ3v) is 3.82. The van der Waals surface area contributed by atoms with Crippen LogP contribution in [0.4, 0.5) is 0 Å². The Balaban J connectivity index is 2.05. The molecule has 2 rings (SSSR count). The van der Waals surface area contributed by atoms with Gasteiger partial charge >= 0.3 is 0 Å². The van der Waals surface area contributed by atoms with Crippen molar-refractivity contribution in [2.75, 3.05) is 13.6 Å². The molecule has 2 atom stereocenters. The molecule has 1 aromatic carbocycles. The predicted molar refractivity (Wildman–Crippen MR) is 83.1 cm³/mol. The first-order valence-electron chi connectivity index (χ1n) is 7.33. The maximum absolute atomic E-state index is 11.8. The lowest BCUT2D eigenvalue weighted by molar-refractivity contribution is -0.126. The number of carbonyl (C=O) groups excluding carboxylic acids is 1. The predicted octanol–water partition coefficient (Wildman–Crippen LogP) is 1.80. The molecule has 0 radical (unpaired) electrons. The van der Waals surface area contributed by atoms with Gasteiger partial charge < -0.3 is 15.4 Å². The molecule has 0 saturated carbocycles. The third kappa shape index (κ3) is 3.77. The molecule has 1 aromatic rings. The topological polar surface area (TPSA) is 50.4 Å². The summed E-state index contributed by atoms with van der Waals surface area (Å²) < 4.78 is 5.71. The van der Waals surface area contributed by atoms with E-state index in [1.165, 1.54) is 17.5 Å². The fourth-order valence-corrected chi connectivity index (χ4v) is 2.70. The van der Waals surface area contributed by atoms with Crippen LogP contribution in [0.3, 0.4) is 0 Å². The highest BCUT2D eigenvalue weighted by molar-refractivity contribution is 5.80. The summed E-state index contributed by atoms with van der Waals surface area (Å²) in [4.78, 5) is 11.8. The second-order valence-electron chi connectivity index (χ2n) is 5.28. The summed E-state index contributed by atoms with van der Waals surface area (Å²) in [7, 11) is 1.99. The summed E-state index contributed by atoms with van der Waals surface area (Å²) in [6.07, 6.45) is 7.95. The highest BCUT2D eigenvalue weighted by Crippen LogP contribution is 2.32. The number of benzene rings is 1. The van der Waals surface area contributed by atoms with Gasteiger partial charge in [0.2, 0.25) is 0 Å². The molecular formula is C17H22N2O2. The third-order valence-electron chi connectivity index (χ3n) is 3.82. The number of aryl methyl sites for hydroxylation is 1. The summed E-state index contributed by atoms with van der Waals surface area (Å²) in [5, 5.41) is 5.96. The Hall–Kier alpha value is -1.99. The molecule has 0 aliphatic heterocycles. The van der Waals surface area contributed by atoms with E-state index in [9.17, 15) is 4.79 Å². The number of amides is 1. The minimum Gasteiger partial charge on any atom is -0.481 e. The van der Waals surface area contributed by atoms with Gasteiger partial charge in [0.15, 0.2) is 6.10 Å². The Bertz CT molecular complexity index is 548. The van der Waals surface area contributed by atoms with E-state index in [0.29, 0.717) is 6.04 Å². The fourth-order valence-electron chi connectivity index (χ4n) is 2.70. The lowest BCUT2D eigenvalue weighted by Crippen LogP contribution is -2.36. The van der Waals surface area contributed by atoms with Gasteiger partial charge in [-0.15, -0.1) is 6.42 Å². The summed E-state index contributed by atoms with van der Waals surface area (Å²) in [5.74, 6) is 2.91. The number of hydrogen-bond acceptors (Lipinski definition) is 3. The Morgan fingerprint density at radius 3 is 3.10 bits per heavy atom. The second kappa shape index (κ2) is 7.14. The molecule has 21 heavy (non-hydrogen) atoms. The van der Waals surface area contributed by atoms with Crippen molar-refractivity contribution in [3.63, 3.8) is 0 Å². The maximum Gasteiger partial charge on any atom is 0.261 e. The van der Waals surface area contributed by atoms with E-state index < -0.39 is 6.10 Å². The Kier molecular flexibility index (Phi) is 5.24. The zero-order valence-electron chi connectivity index (χ0n) is 12.6. The molecule has 112 valence electrons. The average molecular weight is 286 g/mol. The van der Waals surface area contributed by atoms with Gasteiger partial charge in [-0.05, 0) is 56.5 Å². The van der Waals surface area contributed by atoms with Crippen molar-refractivity contribution in [3.05, 3.63) is 29.3 Å². The first kappa shape index (κ1) is 15.4. The average Bonchev–Trinajstić information content (AvgIpc) is 2.51. The van der Waals surface area contributed by atoms with Crippen LogP contribution in [0.5, 0.6) is 5.75 Å². The smallest absolute Gasteiger partial charge is 0.261 e. The van der Waals surface area contributed by atoms with Crippen LogP contribution >= 0.6 is 0 Å². The van der Waals surface area contributed by atoms with Gasteiger partial charge in [-0.2, -0.15) is 0 Å². The molecule has 2 unspecified atom stereocenters. The van der Waals surface area contributed by atoms with E-state index in [-0.39, 0.29) is 12.5 Å². The van der Waals surface area contributed by atoms with Crippen molar-refractivity contribution >= 4 is 5.91 Å². The van der Waals surface area contributed by atoms with Gasteiger partial charge in [-0.3, -0.25) is 4.79 Å². The summed E-state index contributed by atoms with van der Waals surface area (Å²) in [5.41, 5.74) is 2.63. The minimum absolute atomic E-state index is 0.196. The lowest BCUT2D eigenvalue weighted by Gasteiger charge is -2.26. The molecule has 1 aliphatic carbocycles. The van der Waals surface area contributed by atoms with Crippen molar-refractivity contribution in [1.82, 2.24) is 10.6 Å². The Labute approximate surface area is 126 Å². The van der Waals surface area contributed by atoms with Crippen LogP contribution in [0.1, 0.15) is 36.9 Å². The highest BCUT2D eigenvalue weighted by atomic mass is 16.5. The van der Waals surface area contributed by atoms with Crippen LogP contribution < -0.4 is 15.4 Å². The number of hydrogen-bond donors (Lipinski definition) is 2. The Morgan fingerprint density at radius 1 is 1.57 bits per heavy atom. The van der Waals surface area contributed by atoms with Crippen LogP contribution in [-0.4, -0.2) is 25.6 Å². The summed E-state index contributed by atoms with van der Waals surface area (Å²) >= 11 is 0. The summed E-state index contributed by atoms with van der Waals surface area (Å²) in [6.45, 7) is 1.95. The largest absolute Gasteiger partial charge is 0.481 e. The Morgan fingerprint density at radius 2 is 2.38 bits per heavy atom. The lowest BCUT2D eigenvalue weighted by atomic mass is 9.87. The number of fused-ring (bicyclic) bond motifs is 1.